The lowest BCUT2D eigenvalue weighted by molar-refractivity contribution is 0.101. The number of aromatic nitrogens is 3. The molecule has 5 nitrogen and oxygen atoms in total. The van der Waals surface area contributed by atoms with E-state index in [4.69, 9.17) is 0 Å². The third-order valence-electron chi connectivity index (χ3n) is 1.73. The highest BCUT2D eigenvalue weighted by molar-refractivity contribution is 7.08. The number of amides is 1. The second kappa shape index (κ2) is 3.59. The number of carbonyl (C=O) groups excluding carboxylic acids is 1. The van der Waals surface area contributed by atoms with Gasteiger partial charge in [-0.2, -0.15) is 5.10 Å². The van der Waals surface area contributed by atoms with Gasteiger partial charge in [-0.1, -0.05) is 0 Å². The Morgan fingerprint density at radius 3 is 3.00 bits per heavy atom. The molecule has 6 heteroatoms. The Balaban J connectivity index is 2.13. The van der Waals surface area contributed by atoms with Crippen molar-refractivity contribution in [2.24, 2.45) is 0 Å². The second-order valence-corrected chi connectivity index (χ2v) is 3.50. The van der Waals surface area contributed by atoms with E-state index in [2.05, 4.69) is 20.5 Å². The van der Waals surface area contributed by atoms with Gasteiger partial charge in [-0.05, 0) is 17.9 Å². The summed E-state index contributed by atoms with van der Waals surface area (Å²) in [6.45, 7) is 1.94. The normalized spacial score (nSPS) is 10.1. The summed E-state index contributed by atoms with van der Waals surface area (Å²) in [5.74, 6) is -0.0559. The molecule has 0 aromatic carbocycles. The third kappa shape index (κ3) is 1.64. The zero-order valence-electron chi connectivity index (χ0n) is 7.44. The highest BCUT2D eigenvalue weighted by atomic mass is 32.1. The lowest BCUT2D eigenvalue weighted by atomic mass is 10.3. The topological polar surface area (TPSA) is 70.7 Å². The summed E-state index contributed by atoms with van der Waals surface area (Å²) >= 11 is 1.54. The zero-order chi connectivity index (χ0) is 9.97. The first kappa shape index (κ1) is 8.89. The van der Waals surface area contributed by atoms with Crippen LogP contribution in [0, 0.1) is 6.92 Å². The van der Waals surface area contributed by atoms with Crippen LogP contribution in [0.5, 0.6) is 0 Å². The molecular formula is C8H8N4OS. The largest absolute Gasteiger partial charge is 0.318 e. The molecule has 0 atom stereocenters. The van der Waals surface area contributed by atoms with Gasteiger partial charge in [0.15, 0.2) is 0 Å². The number of hydrogen-bond donors (Lipinski definition) is 2. The highest BCUT2D eigenvalue weighted by Crippen LogP contribution is 2.19. The molecule has 2 aromatic rings. The van der Waals surface area contributed by atoms with E-state index in [1.54, 1.807) is 11.3 Å². The predicted octanol–water partition coefficient (Wildman–Crippen LogP) is 1.43. The molecule has 0 saturated carbocycles. The number of nitrogens with one attached hydrogen (secondary N) is 2. The summed E-state index contributed by atoms with van der Waals surface area (Å²) < 4.78 is 0. The van der Waals surface area contributed by atoms with E-state index in [9.17, 15) is 4.79 Å². The number of aryl methyl sites for hydroxylation is 1. The maximum absolute atomic E-state index is 11.5. The van der Waals surface area contributed by atoms with Crippen LogP contribution in [0.1, 0.15) is 16.2 Å². The van der Waals surface area contributed by atoms with Gasteiger partial charge in [0.25, 0.3) is 5.91 Å². The fourth-order valence-corrected chi connectivity index (χ4v) is 1.77. The van der Waals surface area contributed by atoms with Crippen molar-refractivity contribution >= 4 is 22.9 Å². The fourth-order valence-electron chi connectivity index (χ4n) is 0.985. The second-order valence-electron chi connectivity index (χ2n) is 2.76. The summed E-state index contributed by atoms with van der Waals surface area (Å²) in [4.78, 5) is 15.2. The highest BCUT2D eigenvalue weighted by Gasteiger charge is 2.10. The Morgan fingerprint density at radius 1 is 1.57 bits per heavy atom. The van der Waals surface area contributed by atoms with E-state index in [0.29, 0.717) is 0 Å². The van der Waals surface area contributed by atoms with Crippen molar-refractivity contribution in [3.05, 3.63) is 28.5 Å². The molecule has 14 heavy (non-hydrogen) atoms. The van der Waals surface area contributed by atoms with Crippen LogP contribution in [0.3, 0.4) is 0 Å². The first-order chi connectivity index (χ1) is 6.77. The first-order valence-corrected chi connectivity index (χ1v) is 4.91. The van der Waals surface area contributed by atoms with Crippen molar-refractivity contribution in [1.82, 2.24) is 15.2 Å². The SMILES string of the molecule is Cc1cscc1NC(=O)c1ncn[nH]1. The van der Waals surface area contributed by atoms with Crippen molar-refractivity contribution in [3.8, 4) is 0 Å². The Morgan fingerprint density at radius 2 is 2.43 bits per heavy atom. The van der Waals surface area contributed by atoms with E-state index < -0.39 is 0 Å². The minimum atomic E-state index is -0.274. The van der Waals surface area contributed by atoms with Gasteiger partial charge in [-0.15, -0.1) is 11.3 Å². The van der Waals surface area contributed by atoms with Crippen LogP contribution < -0.4 is 5.32 Å². The maximum Gasteiger partial charge on any atom is 0.293 e. The quantitative estimate of drug-likeness (QED) is 0.784. The van der Waals surface area contributed by atoms with E-state index in [0.717, 1.165) is 11.3 Å². The van der Waals surface area contributed by atoms with E-state index in [1.165, 1.54) is 6.33 Å². The lowest BCUT2D eigenvalue weighted by Gasteiger charge is -2.00. The Bertz CT molecular complexity index is 434. The maximum atomic E-state index is 11.5. The Hall–Kier alpha value is -1.69. The van der Waals surface area contributed by atoms with Crippen LogP contribution in [0.2, 0.25) is 0 Å². The molecule has 0 unspecified atom stereocenters. The molecule has 0 radical (unpaired) electrons. The molecule has 0 saturated heterocycles. The average Bonchev–Trinajstić information content (AvgIpc) is 2.77. The molecule has 0 spiro atoms. The molecule has 0 aliphatic carbocycles. The average molecular weight is 208 g/mol. The van der Waals surface area contributed by atoms with Gasteiger partial charge < -0.3 is 5.32 Å². The minimum absolute atomic E-state index is 0.218. The molecular weight excluding hydrogens is 200 g/mol. The van der Waals surface area contributed by atoms with E-state index >= 15 is 0 Å². The molecule has 0 bridgehead atoms. The number of H-pyrrole nitrogens is 1. The minimum Gasteiger partial charge on any atom is -0.318 e. The number of thiophene rings is 1. The van der Waals surface area contributed by atoms with Crippen LogP contribution >= 0.6 is 11.3 Å². The van der Waals surface area contributed by atoms with Gasteiger partial charge in [0, 0.05) is 5.38 Å². The van der Waals surface area contributed by atoms with Gasteiger partial charge in [0.2, 0.25) is 5.82 Å². The van der Waals surface area contributed by atoms with Crippen molar-refractivity contribution in [2.75, 3.05) is 5.32 Å². The van der Waals surface area contributed by atoms with Gasteiger partial charge in [-0.25, -0.2) is 4.98 Å². The molecule has 0 fully saturated rings. The van der Waals surface area contributed by atoms with Gasteiger partial charge in [0.05, 0.1) is 5.69 Å². The number of nitrogens with zero attached hydrogens (tertiary/aromatic N) is 2. The van der Waals surface area contributed by atoms with Gasteiger partial charge in [0.1, 0.15) is 6.33 Å². The summed E-state index contributed by atoms with van der Waals surface area (Å²) in [7, 11) is 0. The lowest BCUT2D eigenvalue weighted by Crippen LogP contribution is -2.13. The smallest absolute Gasteiger partial charge is 0.293 e. The number of hydrogen-bond acceptors (Lipinski definition) is 4. The monoisotopic (exact) mass is 208 g/mol. The van der Waals surface area contributed by atoms with Crippen molar-refractivity contribution < 1.29 is 4.79 Å². The van der Waals surface area contributed by atoms with Gasteiger partial charge >= 0.3 is 0 Å². The van der Waals surface area contributed by atoms with Crippen molar-refractivity contribution in [1.29, 1.82) is 0 Å². The van der Waals surface area contributed by atoms with Crippen LogP contribution in [0.25, 0.3) is 0 Å². The number of carbonyl (C=O) groups is 1. The molecule has 2 rings (SSSR count). The van der Waals surface area contributed by atoms with Crippen molar-refractivity contribution in [3.63, 3.8) is 0 Å². The molecule has 72 valence electrons. The van der Waals surface area contributed by atoms with Gasteiger partial charge in [-0.3, -0.25) is 9.89 Å². The molecule has 2 heterocycles. The Kier molecular flexibility index (Phi) is 2.28. The van der Waals surface area contributed by atoms with E-state index in [-0.39, 0.29) is 11.7 Å². The fraction of sp³-hybridized carbons (Fsp3) is 0.125. The molecule has 2 N–H and O–H groups in total. The summed E-state index contributed by atoms with van der Waals surface area (Å²) in [5, 5.41) is 12.7. The summed E-state index contributed by atoms with van der Waals surface area (Å²) in [5.41, 5.74) is 1.86. The number of rotatable bonds is 2. The summed E-state index contributed by atoms with van der Waals surface area (Å²) in [6, 6.07) is 0. The molecule has 0 aliphatic heterocycles. The van der Waals surface area contributed by atoms with Crippen molar-refractivity contribution in [2.45, 2.75) is 6.92 Å². The number of aromatic amines is 1. The molecule has 1 amide bonds. The van der Waals surface area contributed by atoms with Crippen LogP contribution in [0.4, 0.5) is 5.69 Å². The van der Waals surface area contributed by atoms with Crippen LogP contribution in [0.15, 0.2) is 17.1 Å². The number of anilines is 1. The molecule has 0 aliphatic rings. The van der Waals surface area contributed by atoms with Crippen LogP contribution in [-0.2, 0) is 0 Å². The van der Waals surface area contributed by atoms with E-state index in [1.807, 2.05) is 17.7 Å². The Labute approximate surface area is 84.2 Å². The zero-order valence-corrected chi connectivity index (χ0v) is 8.26. The third-order valence-corrected chi connectivity index (χ3v) is 2.60. The molecule has 2 aromatic heterocycles. The standard InChI is InChI=1S/C8H8N4OS/c1-5-2-14-3-6(5)11-8(13)7-9-4-10-12-7/h2-4H,1H3,(H,11,13)(H,9,10,12). The van der Waals surface area contributed by atoms with Crippen LogP contribution in [-0.4, -0.2) is 21.1 Å². The summed E-state index contributed by atoms with van der Waals surface area (Å²) in [6.07, 6.45) is 1.30. The first-order valence-electron chi connectivity index (χ1n) is 3.97. The predicted molar refractivity (Wildman–Crippen MR) is 53.4 cm³/mol.